The molecular weight excluding hydrogens is 232 g/mol. The normalized spacial score (nSPS) is 13.8. The van der Waals surface area contributed by atoms with Crippen LogP contribution in [0.25, 0.3) is 0 Å². The van der Waals surface area contributed by atoms with Crippen LogP contribution in [0.5, 0.6) is 5.75 Å². The van der Waals surface area contributed by atoms with E-state index in [1.807, 2.05) is 25.1 Å². The second-order valence-corrected chi connectivity index (χ2v) is 4.15. The largest absolute Gasteiger partial charge is 0.493 e. The van der Waals surface area contributed by atoms with E-state index in [1.165, 1.54) is 7.11 Å². The second kappa shape index (κ2) is 7.01. The van der Waals surface area contributed by atoms with Gasteiger partial charge in [0.05, 0.1) is 25.7 Å². The Kier molecular flexibility index (Phi) is 5.65. The minimum atomic E-state index is -0.734. The summed E-state index contributed by atoms with van der Waals surface area (Å²) in [7, 11) is 1.35. The molecular formula is C14H20O4. The van der Waals surface area contributed by atoms with Gasteiger partial charge in [-0.15, -0.1) is 0 Å². The number of ether oxygens (including phenoxy) is 2. The molecule has 4 nitrogen and oxygen atoms in total. The smallest absolute Gasteiger partial charge is 0.308 e. The van der Waals surface area contributed by atoms with Crippen LogP contribution >= 0.6 is 0 Å². The van der Waals surface area contributed by atoms with Gasteiger partial charge in [-0.2, -0.15) is 0 Å². The molecule has 2 atom stereocenters. The number of esters is 1. The molecule has 0 radical (unpaired) electrons. The van der Waals surface area contributed by atoms with Gasteiger partial charge in [0.15, 0.2) is 0 Å². The molecule has 0 amide bonds. The zero-order valence-corrected chi connectivity index (χ0v) is 11.1. The van der Waals surface area contributed by atoms with Crippen molar-refractivity contribution in [2.45, 2.75) is 26.4 Å². The van der Waals surface area contributed by atoms with E-state index in [0.29, 0.717) is 24.3 Å². The Bertz CT molecular complexity index is 389. The third kappa shape index (κ3) is 3.74. The Morgan fingerprint density at radius 1 is 1.39 bits per heavy atom. The summed E-state index contributed by atoms with van der Waals surface area (Å²) < 4.78 is 10.1. The molecule has 0 saturated carbocycles. The highest BCUT2D eigenvalue weighted by Gasteiger charge is 2.21. The topological polar surface area (TPSA) is 55.8 Å². The number of carbonyl (C=O) groups is 1. The van der Waals surface area contributed by atoms with E-state index >= 15 is 0 Å². The SMILES string of the molecule is CCOc1ccccc1C(O)CC(C)C(=O)OC. The van der Waals surface area contributed by atoms with Gasteiger partial charge >= 0.3 is 5.97 Å². The number of methoxy groups -OCH3 is 1. The summed E-state index contributed by atoms with van der Waals surface area (Å²) in [6.45, 7) is 4.16. The highest BCUT2D eigenvalue weighted by Crippen LogP contribution is 2.29. The third-order valence-corrected chi connectivity index (χ3v) is 2.76. The zero-order valence-electron chi connectivity index (χ0n) is 11.1. The maximum Gasteiger partial charge on any atom is 0.308 e. The molecule has 1 aromatic carbocycles. The lowest BCUT2D eigenvalue weighted by molar-refractivity contribution is -0.145. The summed E-state index contributed by atoms with van der Waals surface area (Å²) in [4.78, 5) is 11.3. The summed E-state index contributed by atoms with van der Waals surface area (Å²) in [6, 6.07) is 7.30. The highest BCUT2D eigenvalue weighted by molar-refractivity contribution is 5.71. The lowest BCUT2D eigenvalue weighted by Gasteiger charge is -2.18. The molecule has 0 heterocycles. The molecule has 18 heavy (non-hydrogen) atoms. The predicted octanol–water partition coefficient (Wildman–Crippen LogP) is 2.32. The van der Waals surface area contributed by atoms with E-state index in [-0.39, 0.29) is 11.9 Å². The van der Waals surface area contributed by atoms with Crippen molar-refractivity contribution in [3.8, 4) is 5.75 Å². The summed E-state index contributed by atoms with van der Waals surface area (Å²) in [6.07, 6.45) is -0.418. The van der Waals surface area contributed by atoms with Crippen molar-refractivity contribution in [2.24, 2.45) is 5.92 Å². The number of carbonyl (C=O) groups excluding carboxylic acids is 1. The van der Waals surface area contributed by atoms with Gasteiger partial charge in [-0.25, -0.2) is 0 Å². The van der Waals surface area contributed by atoms with Crippen LogP contribution in [0, 0.1) is 5.92 Å². The molecule has 1 aromatic rings. The quantitative estimate of drug-likeness (QED) is 0.789. The lowest BCUT2D eigenvalue weighted by Crippen LogP contribution is -2.16. The fourth-order valence-electron chi connectivity index (χ4n) is 1.80. The molecule has 4 heteroatoms. The van der Waals surface area contributed by atoms with Crippen LogP contribution < -0.4 is 4.74 Å². The van der Waals surface area contributed by atoms with Crippen LogP contribution in [0.3, 0.4) is 0 Å². The van der Waals surface area contributed by atoms with Gasteiger partial charge in [-0.05, 0) is 19.4 Å². The van der Waals surface area contributed by atoms with Gasteiger partial charge < -0.3 is 14.6 Å². The van der Waals surface area contributed by atoms with Gasteiger partial charge in [0, 0.05) is 5.56 Å². The first kappa shape index (κ1) is 14.5. The number of hydrogen-bond donors (Lipinski definition) is 1. The molecule has 0 saturated heterocycles. The molecule has 2 unspecified atom stereocenters. The van der Waals surface area contributed by atoms with E-state index in [0.717, 1.165) is 0 Å². The number of hydrogen-bond acceptors (Lipinski definition) is 4. The molecule has 1 N–H and O–H groups in total. The van der Waals surface area contributed by atoms with Crippen LogP contribution in [0.4, 0.5) is 0 Å². The van der Waals surface area contributed by atoms with Gasteiger partial charge in [0.1, 0.15) is 5.75 Å². The lowest BCUT2D eigenvalue weighted by atomic mass is 9.97. The predicted molar refractivity (Wildman–Crippen MR) is 68.4 cm³/mol. The maximum atomic E-state index is 11.3. The van der Waals surface area contributed by atoms with E-state index < -0.39 is 6.10 Å². The van der Waals surface area contributed by atoms with Crippen molar-refractivity contribution in [2.75, 3.05) is 13.7 Å². The Morgan fingerprint density at radius 2 is 2.06 bits per heavy atom. The van der Waals surface area contributed by atoms with Crippen LogP contribution in [0.2, 0.25) is 0 Å². The van der Waals surface area contributed by atoms with Gasteiger partial charge in [0.25, 0.3) is 0 Å². The van der Waals surface area contributed by atoms with Crippen molar-refractivity contribution in [3.63, 3.8) is 0 Å². The van der Waals surface area contributed by atoms with Crippen molar-refractivity contribution >= 4 is 5.97 Å². The van der Waals surface area contributed by atoms with Crippen LogP contribution in [0.1, 0.15) is 31.9 Å². The van der Waals surface area contributed by atoms with Crippen LogP contribution in [-0.4, -0.2) is 24.8 Å². The Morgan fingerprint density at radius 3 is 2.67 bits per heavy atom. The number of benzene rings is 1. The van der Waals surface area contributed by atoms with Crippen LogP contribution in [-0.2, 0) is 9.53 Å². The molecule has 0 fully saturated rings. The second-order valence-electron chi connectivity index (χ2n) is 4.15. The van der Waals surface area contributed by atoms with Gasteiger partial charge in [-0.3, -0.25) is 4.79 Å². The molecule has 1 rings (SSSR count). The molecule has 0 aliphatic rings. The molecule has 0 bridgehead atoms. The Labute approximate surface area is 108 Å². The third-order valence-electron chi connectivity index (χ3n) is 2.76. The number of aliphatic hydroxyl groups is 1. The average Bonchev–Trinajstić information content (AvgIpc) is 2.38. The minimum absolute atomic E-state index is 0.316. The molecule has 100 valence electrons. The van der Waals surface area contributed by atoms with Crippen molar-refractivity contribution in [3.05, 3.63) is 29.8 Å². The number of para-hydroxylation sites is 1. The molecule has 0 spiro atoms. The summed E-state index contributed by atoms with van der Waals surface area (Å²) in [5.74, 6) is -0.00723. The minimum Gasteiger partial charge on any atom is -0.493 e. The summed E-state index contributed by atoms with van der Waals surface area (Å²) in [5, 5.41) is 10.2. The van der Waals surface area contributed by atoms with Crippen molar-refractivity contribution in [1.29, 1.82) is 0 Å². The van der Waals surface area contributed by atoms with E-state index in [2.05, 4.69) is 4.74 Å². The first-order chi connectivity index (χ1) is 8.60. The van der Waals surface area contributed by atoms with Crippen molar-refractivity contribution < 1.29 is 19.4 Å². The van der Waals surface area contributed by atoms with Gasteiger partial charge in [0.2, 0.25) is 0 Å². The summed E-state index contributed by atoms with van der Waals surface area (Å²) >= 11 is 0. The molecule has 0 aliphatic heterocycles. The van der Waals surface area contributed by atoms with E-state index in [9.17, 15) is 9.90 Å². The molecule has 0 aromatic heterocycles. The summed E-state index contributed by atoms with van der Waals surface area (Å²) in [5.41, 5.74) is 0.704. The van der Waals surface area contributed by atoms with Crippen LogP contribution in [0.15, 0.2) is 24.3 Å². The van der Waals surface area contributed by atoms with Crippen molar-refractivity contribution in [1.82, 2.24) is 0 Å². The Hall–Kier alpha value is -1.55. The fourth-order valence-corrected chi connectivity index (χ4v) is 1.80. The average molecular weight is 252 g/mol. The van der Waals surface area contributed by atoms with E-state index in [1.54, 1.807) is 13.0 Å². The van der Waals surface area contributed by atoms with E-state index in [4.69, 9.17) is 4.74 Å². The zero-order chi connectivity index (χ0) is 13.5. The monoisotopic (exact) mass is 252 g/mol. The molecule has 0 aliphatic carbocycles. The standard InChI is InChI=1S/C14H20O4/c1-4-18-13-8-6-5-7-11(13)12(15)9-10(2)14(16)17-3/h5-8,10,12,15H,4,9H2,1-3H3. The first-order valence-corrected chi connectivity index (χ1v) is 6.07. The number of aliphatic hydroxyl groups excluding tert-OH is 1. The Balaban J connectivity index is 2.77. The first-order valence-electron chi connectivity index (χ1n) is 6.07. The number of rotatable bonds is 6. The van der Waals surface area contributed by atoms with Gasteiger partial charge in [-0.1, -0.05) is 25.1 Å². The highest BCUT2D eigenvalue weighted by atomic mass is 16.5. The maximum absolute atomic E-state index is 11.3. The fraction of sp³-hybridized carbons (Fsp3) is 0.500.